The second-order valence-electron chi connectivity index (χ2n) is 5.21. The molecule has 0 spiro atoms. The third-order valence-corrected chi connectivity index (χ3v) is 4.38. The molecule has 1 aromatic rings. The second-order valence-corrected chi connectivity index (χ2v) is 6.12. The van der Waals surface area contributed by atoms with Crippen molar-refractivity contribution in [1.29, 1.82) is 0 Å². The van der Waals surface area contributed by atoms with Crippen LogP contribution in [0.5, 0.6) is 0 Å². The van der Waals surface area contributed by atoms with Crippen LogP contribution >= 0.6 is 15.9 Å². The van der Waals surface area contributed by atoms with Gasteiger partial charge in [0.05, 0.1) is 5.41 Å². The van der Waals surface area contributed by atoms with Gasteiger partial charge in [-0.3, -0.25) is 4.79 Å². The van der Waals surface area contributed by atoms with Crippen molar-refractivity contribution in [3.05, 3.63) is 27.7 Å². The van der Waals surface area contributed by atoms with Crippen LogP contribution < -0.4 is 11.1 Å². The number of carbonyl (C=O) groups excluding carboxylic acids is 1. The summed E-state index contributed by atoms with van der Waals surface area (Å²) in [5, 5.41) is 3.06. The number of amides is 1. The van der Waals surface area contributed by atoms with Gasteiger partial charge in [0.1, 0.15) is 0 Å². The topological polar surface area (TPSA) is 55.1 Å². The van der Waals surface area contributed by atoms with E-state index in [1.807, 2.05) is 26.0 Å². The maximum atomic E-state index is 12.3. The molecule has 0 aromatic heterocycles. The number of nitrogens with two attached hydrogens (primary N) is 1. The van der Waals surface area contributed by atoms with Gasteiger partial charge in [0.15, 0.2) is 0 Å². The van der Waals surface area contributed by atoms with E-state index in [1.54, 1.807) is 0 Å². The Bertz CT molecular complexity index is 452. The first-order chi connectivity index (χ1) is 8.48. The lowest BCUT2D eigenvalue weighted by Gasteiger charge is -2.39. The van der Waals surface area contributed by atoms with Crippen LogP contribution in [0.15, 0.2) is 16.6 Å². The molecule has 3 N–H and O–H groups in total. The van der Waals surface area contributed by atoms with Crippen LogP contribution in [-0.4, -0.2) is 12.5 Å². The van der Waals surface area contributed by atoms with Crippen molar-refractivity contribution in [3.63, 3.8) is 0 Å². The van der Waals surface area contributed by atoms with Crippen molar-refractivity contribution in [2.24, 2.45) is 11.1 Å². The number of carbonyl (C=O) groups is 1. The third-order valence-electron chi connectivity index (χ3n) is 3.92. The predicted molar refractivity (Wildman–Crippen MR) is 77.6 cm³/mol. The van der Waals surface area contributed by atoms with E-state index in [0.717, 1.165) is 40.5 Å². The minimum atomic E-state index is -0.327. The van der Waals surface area contributed by atoms with E-state index in [2.05, 4.69) is 21.2 Å². The molecule has 0 saturated heterocycles. The molecular formula is C14H19BrN2O. The van der Waals surface area contributed by atoms with Gasteiger partial charge in [-0.25, -0.2) is 0 Å². The normalized spacial score (nSPS) is 17.1. The van der Waals surface area contributed by atoms with Crippen LogP contribution in [0.2, 0.25) is 0 Å². The number of hydrogen-bond acceptors (Lipinski definition) is 2. The summed E-state index contributed by atoms with van der Waals surface area (Å²) in [7, 11) is 0. The molecule has 0 radical (unpaired) electrons. The van der Waals surface area contributed by atoms with Gasteiger partial charge in [0.25, 0.3) is 0 Å². The smallest absolute Gasteiger partial charge is 0.231 e. The van der Waals surface area contributed by atoms with Gasteiger partial charge >= 0.3 is 0 Å². The zero-order valence-electron chi connectivity index (χ0n) is 10.8. The Morgan fingerprint density at radius 1 is 1.39 bits per heavy atom. The Morgan fingerprint density at radius 3 is 2.33 bits per heavy atom. The molecule has 1 aliphatic carbocycles. The van der Waals surface area contributed by atoms with E-state index in [9.17, 15) is 4.79 Å². The average molecular weight is 311 g/mol. The molecule has 3 nitrogen and oxygen atoms in total. The van der Waals surface area contributed by atoms with Crippen LogP contribution in [0.3, 0.4) is 0 Å². The first kappa shape index (κ1) is 13.6. The van der Waals surface area contributed by atoms with Crippen molar-refractivity contribution >= 4 is 27.5 Å². The summed E-state index contributed by atoms with van der Waals surface area (Å²) in [4.78, 5) is 12.3. The Kier molecular flexibility index (Phi) is 3.78. The first-order valence-corrected chi connectivity index (χ1v) is 7.06. The molecule has 18 heavy (non-hydrogen) atoms. The van der Waals surface area contributed by atoms with Gasteiger partial charge in [-0.2, -0.15) is 0 Å². The summed E-state index contributed by atoms with van der Waals surface area (Å²) in [5.41, 5.74) is 8.49. The zero-order chi connectivity index (χ0) is 13.3. The Balaban J connectivity index is 2.22. The standard InChI is InChI=1S/C14H19BrN2O/c1-9-6-11(15)7-10(2)12(9)17-13(18)14(8-16)4-3-5-14/h6-7H,3-5,8,16H2,1-2H3,(H,17,18). The molecule has 4 heteroatoms. The summed E-state index contributed by atoms with van der Waals surface area (Å²) in [6.45, 7) is 4.44. The summed E-state index contributed by atoms with van der Waals surface area (Å²) in [6, 6.07) is 4.02. The Morgan fingerprint density at radius 2 is 1.94 bits per heavy atom. The van der Waals surface area contributed by atoms with E-state index in [-0.39, 0.29) is 11.3 Å². The monoisotopic (exact) mass is 310 g/mol. The zero-order valence-corrected chi connectivity index (χ0v) is 12.4. The minimum Gasteiger partial charge on any atom is -0.329 e. The van der Waals surface area contributed by atoms with Crippen molar-refractivity contribution in [2.45, 2.75) is 33.1 Å². The average Bonchev–Trinajstić information content (AvgIpc) is 2.22. The van der Waals surface area contributed by atoms with E-state index in [1.165, 1.54) is 0 Å². The largest absolute Gasteiger partial charge is 0.329 e. The fraction of sp³-hybridized carbons (Fsp3) is 0.500. The molecule has 1 aromatic carbocycles. The summed E-state index contributed by atoms with van der Waals surface area (Å²) in [5.74, 6) is 0.0739. The lowest BCUT2D eigenvalue weighted by atomic mass is 9.68. The highest BCUT2D eigenvalue weighted by molar-refractivity contribution is 9.10. The molecule has 0 aliphatic heterocycles. The fourth-order valence-electron chi connectivity index (χ4n) is 2.48. The number of rotatable bonds is 3. The van der Waals surface area contributed by atoms with Gasteiger partial charge in [0.2, 0.25) is 5.91 Å². The van der Waals surface area contributed by atoms with Gasteiger partial charge < -0.3 is 11.1 Å². The minimum absolute atomic E-state index is 0.0739. The number of aryl methyl sites for hydroxylation is 2. The molecule has 1 saturated carbocycles. The highest BCUT2D eigenvalue weighted by atomic mass is 79.9. The summed E-state index contributed by atoms with van der Waals surface area (Å²) < 4.78 is 1.03. The number of halogens is 1. The van der Waals surface area contributed by atoms with Crippen molar-refractivity contribution in [2.75, 3.05) is 11.9 Å². The Labute approximate surface area is 116 Å². The van der Waals surface area contributed by atoms with Crippen LogP contribution in [0.25, 0.3) is 0 Å². The fourth-order valence-corrected chi connectivity index (χ4v) is 3.17. The molecular weight excluding hydrogens is 292 g/mol. The van der Waals surface area contributed by atoms with E-state index < -0.39 is 0 Å². The van der Waals surface area contributed by atoms with Crippen molar-refractivity contribution < 1.29 is 4.79 Å². The molecule has 0 bridgehead atoms. The van der Waals surface area contributed by atoms with Crippen LogP contribution in [0.1, 0.15) is 30.4 Å². The number of anilines is 1. The van der Waals surface area contributed by atoms with Gasteiger partial charge in [-0.05, 0) is 49.9 Å². The quantitative estimate of drug-likeness (QED) is 0.901. The van der Waals surface area contributed by atoms with Crippen LogP contribution in [0, 0.1) is 19.3 Å². The molecule has 2 rings (SSSR count). The highest BCUT2D eigenvalue weighted by Gasteiger charge is 2.42. The predicted octanol–water partition coefficient (Wildman–Crippen LogP) is 3.13. The lowest BCUT2D eigenvalue weighted by Crippen LogP contribution is -2.47. The summed E-state index contributed by atoms with van der Waals surface area (Å²) >= 11 is 3.46. The van der Waals surface area contributed by atoms with E-state index in [0.29, 0.717) is 6.54 Å². The number of hydrogen-bond donors (Lipinski definition) is 2. The van der Waals surface area contributed by atoms with E-state index in [4.69, 9.17) is 5.73 Å². The van der Waals surface area contributed by atoms with Crippen molar-refractivity contribution in [1.82, 2.24) is 0 Å². The van der Waals surface area contributed by atoms with Crippen LogP contribution in [0.4, 0.5) is 5.69 Å². The SMILES string of the molecule is Cc1cc(Br)cc(C)c1NC(=O)C1(CN)CCC1. The lowest BCUT2D eigenvalue weighted by molar-refractivity contribution is -0.129. The molecule has 1 amide bonds. The molecule has 98 valence electrons. The summed E-state index contributed by atoms with van der Waals surface area (Å²) in [6.07, 6.45) is 2.91. The maximum Gasteiger partial charge on any atom is 0.231 e. The van der Waals surface area contributed by atoms with E-state index >= 15 is 0 Å². The van der Waals surface area contributed by atoms with Gasteiger partial charge in [-0.15, -0.1) is 0 Å². The first-order valence-electron chi connectivity index (χ1n) is 6.27. The number of benzene rings is 1. The second kappa shape index (κ2) is 5.02. The molecule has 1 fully saturated rings. The van der Waals surface area contributed by atoms with Crippen LogP contribution in [-0.2, 0) is 4.79 Å². The Hall–Kier alpha value is -0.870. The maximum absolute atomic E-state index is 12.3. The highest BCUT2D eigenvalue weighted by Crippen LogP contribution is 2.41. The van der Waals surface area contributed by atoms with Gasteiger partial charge in [-0.1, -0.05) is 22.4 Å². The molecule has 0 atom stereocenters. The molecule has 1 aliphatic rings. The third kappa shape index (κ3) is 2.31. The molecule has 0 heterocycles. The molecule has 0 unspecified atom stereocenters. The van der Waals surface area contributed by atoms with Crippen molar-refractivity contribution in [3.8, 4) is 0 Å². The van der Waals surface area contributed by atoms with Gasteiger partial charge in [0, 0.05) is 16.7 Å². The number of nitrogens with one attached hydrogen (secondary N) is 1.